The van der Waals surface area contributed by atoms with E-state index in [0.29, 0.717) is 24.9 Å². The Morgan fingerprint density at radius 2 is 2.14 bits per heavy atom. The number of amides is 2. The van der Waals surface area contributed by atoms with Crippen molar-refractivity contribution >= 4 is 17.6 Å². The van der Waals surface area contributed by atoms with Crippen molar-refractivity contribution in [1.29, 1.82) is 0 Å². The van der Waals surface area contributed by atoms with Gasteiger partial charge in [-0.3, -0.25) is 9.59 Å². The first-order chi connectivity index (χ1) is 10.1. The Kier molecular flexibility index (Phi) is 4.76. The summed E-state index contributed by atoms with van der Waals surface area (Å²) in [5.74, 6) is -0.0316. The summed E-state index contributed by atoms with van der Waals surface area (Å²) in [6, 6.07) is 6.90. The molecule has 2 rings (SSSR count). The summed E-state index contributed by atoms with van der Waals surface area (Å²) < 4.78 is 0. The molecular weight excluding hydrogens is 272 g/mol. The molecule has 1 aliphatic rings. The van der Waals surface area contributed by atoms with Crippen molar-refractivity contribution < 1.29 is 14.8 Å². The van der Waals surface area contributed by atoms with E-state index in [1.54, 1.807) is 24.3 Å². The molecule has 0 radical (unpaired) electrons. The van der Waals surface area contributed by atoms with E-state index in [0.717, 1.165) is 5.56 Å². The molecule has 1 aromatic rings. The molecule has 0 aromatic heterocycles. The standard InChI is InChI=1S/C14H18N4O3/c15-14(18-21)10-3-1-9(2-4-10)7-13(20)17-11-5-6-12(19)16-8-11/h1-4,11,21H,5-8H2,(H2,15,18)(H,16,19)(H,17,20). The summed E-state index contributed by atoms with van der Waals surface area (Å²) in [6.07, 6.45) is 1.36. The number of nitrogens with zero attached hydrogens (tertiary/aromatic N) is 1. The second-order valence-electron chi connectivity index (χ2n) is 4.97. The molecule has 0 aliphatic carbocycles. The first kappa shape index (κ1) is 14.8. The summed E-state index contributed by atoms with van der Waals surface area (Å²) in [7, 11) is 0. The molecule has 21 heavy (non-hydrogen) atoms. The van der Waals surface area contributed by atoms with Gasteiger partial charge in [-0.15, -0.1) is 0 Å². The molecule has 5 N–H and O–H groups in total. The van der Waals surface area contributed by atoms with Gasteiger partial charge in [-0.25, -0.2) is 0 Å². The van der Waals surface area contributed by atoms with Crippen LogP contribution in [0.15, 0.2) is 29.4 Å². The summed E-state index contributed by atoms with van der Waals surface area (Å²) in [6.45, 7) is 0.479. The zero-order valence-electron chi connectivity index (χ0n) is 11.5. The van der Waals surface area contributed by atoms with E-state index < -0.39 is 0 Å². The molecule has 0 saturated carbocycles. The maximum Gasteiger partial charge on any atom is 0.224 e. The maximum absolute atomic E-state index is 11.9. The fourth-order valence-corrected chi connectivity index (χ4v) is 2.17. The van der Waals surface area contributed by atoms with Gasteiger partial charge in [0.15, 0.2) is 5.84 Å². The Labute approximate surface area is 122 Å². The van der Waals surface area contributed by atoms with Gasteiger partial charge in [-0.2, -0.15) is 0 Å². The molecule has 1 unspecified atom stereocenters. The van der Waals surface area contributed by atoms with Gasteiger partial charge in [0.2, 0.25) is 11.8 Å². The van der Waals surface area contributed by atoms with E-state index in [1.807, 2.05) is 0 Å². The van der Waals surface area contributed by atoms with Crippen LogP contribution in [0.2, 0.25) is 0 Å². The van der Waals surface area contributed by atoms with E-state index in [4.69, 9.17) is 10.9 Å². The lowest BCUT2D eigenvalue weighted by Gasteiger charge is -2.23. The average Bonchev–Trinajstić information content (AvgIpc) is 2.49. The molecule has 7 heteroatoms. The number of oxime groups is 1. The monoisotopic (exact) mass is 290 g/mol. The molecule has 1 aliphatic heterocycles. The zero-order chi connectivity index (χ0) is 15.2. The summed E-state index contributed by atoms with van der Waals surface area (Å²) in [5, 5.41) is 17.1. The van der Waals surface area contributed by atoms with E-state index >= 15 is 0 Å². The van der Waals surface area contributed by atoms with Gasteiger partial charge >= 0.3 is 0 Å². The molecule has 1 fully saturated rings. The number of nitrogens with one attached hydrogen (secondary N) is 2. The van der Waals surface area contributed by atoms with Gasteiger partial charge in [0.05, 0.1) is 6.42 Å². The number of benzene rings is 1. The fourth-order valence-electron chi connectivity index (χ4n) is 2.17. The van der Waals surface area contributed by atoms with Crippen LogP contribution in [0.25, 0.3) is 0 Å². The minimum absolute atomic E-state index is 0.00774. The van der Waals surface area contributed by atoms with Crippen molar-refractivity contribution in [1.82, 2.24) is 10.6 Å². The highest BCUT2D eigenvalue weighted by molar-refractivity contribution is 5.97. The molecule has 1 heterocycles. The molecule has 7 nitrogen and oxygen atoms in total. The first-order valence-electron chi connectivity index (χ1n) is 6.71. The number of piperidine rings is 1. The van der Waals surface area contributed by atoms with E-state index in [2.05, 4.69) is 15.8 Å². The number of nitrogens with two attached hydrogens (primary N) is 1. The highest BCUT2D eigenvalue weighted by atomic mass is 16.4. The average molecular weight is 290 g/mol. The number of hydrogen-bond donors (Lipinski definition) is 4. The molecule has 2 amide bonds. The largest absolute Gasteiger partial charge is 0.409 e. The van der Waals surface area contributed by atoms with Crippen LogP contribution in [0.4, 0.5) is 0 Å². The van der Waals surface area contributed by atoms with E-state index in [1.165, 1.54) is 0 Å². The highest BCUT2D eigenvalue weighted by Crippen LogP contribution is 2.07. The lowest BCUT2D eigenvalue weighted by Crippen LogP contribution is -2.48. The molecular formula is C14H18N4O3. The first-order valence-corrected chi connectivity index (χ1v) is 6.71. The number of hydrogen-bond acceptors (Lipinski definition) is 4. The number of rotatable bonds is 4. The Balaban J connectivity index is 1.86. The second kappa shape index (κ2) is 6.74. The van der Waals surface area contributed by atoms with Crippen LogP contribution in [0.1, 0.15) is 24.0 Å². The van der Waals surface area contributed by atoms with Crippen molar-refractivity contribution in [3.63, 3.8) is 0 Å². The summed E-state index contributed by atoms with van der Waals surface area (Å²) >= 11 is 0. The number of carbonyl (C=O) groups is 2. The quantitative estimate of drug-likeness (QED) is 0.264. The molecule has 1 saturated heterocycles. The minimum atomic E-state index is -0.0901. The number of amidine groups is 1. The van der Waals surface area contributed by atoms with Crippen LogP contribution in [-0.4, -0.2) is 35.4 Å². The highest BCUT2D eigenvalue weighted by Gasteiger charge is 2.19. The van der Waals surface area contributed by atoms with Gasteiger partial charge < -0.3 is 21.6 Å². The van der Waals surface area contributed by atoms with Gasteiger partial charge in [-0.1, -0.05) is 29.4 Å². The third-order valence-electron chi connectivity index (χ3n) is 3.35. The third-order valence-corrected chi connectivity index (χ3v) is 3.35. The van der Waals surface area contributed by atoms with Gasteiger partial charge in [0.1, 0.15) is 0 Å². The third kappa shape index (κ3) is 4.20. The predicted octanol–water partition coefficient (Wildman–Crippen LogP) is -0.282. The Morgan fingerprint density at radius 3 is 2.71 bits per heavy atom. The molecule has 1 atom stereocenters. The van der Waals surface area contributed by atoms with Crippen molar-refractivity contribution in [2.45, 2.75) is 25.3 Å². The van der Waals surface area contributed by atoms with Crippen LogP contribution in [0.3, 0.4) is 0 Å². The van der Waals surface area contributed by atoms with Crippen LogP contribution < -0.4 is 16.4 Å². The van der Waals surface area contributed by atoms with Crippen molar-refractivity contribution in [3.05, 3.63) is 35.4 Å². The van der Waals surface area contributed by atoms with Gasteiger partial charge in [-0.05, 0) is 12.0 Å². The molecule has 1 aromatic carbocycles. The normalized spacial score (nSPS) is 19.0. The fraction of sp³-hybridized carbons (Fsp3) is 0.357. The van der Waals surface area contributed by atoms with E-state index in [9.17, 15) is 9.59 Å². The topological polar surface area (TPSA) is 117 Å². The lowest BCUT2D eigenvalue weighted by atomic mass is 10.1. The van der Waals surface area contributed by atoms with Crippen molar-refractivity contribution in [3.8, 4) is 0 Å². The van der Waals surface area contributed by atoms with Crippen LogP contribution in [-0.2, 0) is 16.0 Å². The molecule has 0 bridgehead atoms. The van der Waals surface area contributed by atoms with E-state index in [-0.39, 0.29) is 30.1 Å². The lowest BCUT2D eigenvalue weighted by molar-refractivity contribution is -0.125. The SMILES string of the molecule is NC(=NO)c1ccc(CC(=O)NC2CCC(=O)NC2)cc1. The zero-order valence-corrected chi connectivity index (χ0v) is 11.5. The van der Waals surface area contributed by atoms with Crippen LogP contribution in [0, 0.1) is 0 Å². The van der Waals surface area contributed by atoms with Crippen molar-refractivity contribution in [2.24, 2.45) is 10.9 Å². The second-order valence-corrected chi connectivity index (χ2v) is 4.97. The Bertz CT molecular complexity index is 544. The Morgan fingerprint density at radius 1 is 1.43 bits per heavy atom. The van der Waals surface area contributed by atoms with Crippen LogP contribution in [0.5, 0.6) is 0 Å². The van der Waals surface area contributed by atoms with Crippen LogP contribution >= 0.6 is 0 Å². The Hall–Kier alpha value is -2.57. The molecule has 112 valence electrons. The number of carbonyl (C=O) groups excluding carboxylic acids is 2. The minimum Gasteiger partial charge on any atom is -0.409 e. The van der Waals surface area contributed by atoms with Gasteiger partial charge in [0.25, 0.3) is 0 Å². The van der Waals surface area contributed by atoms with Crippen molar-refractivity contribution in [2.75, 3.05) is 6.54 Å². The maximum atomic E-state index is 11.9. The van der Waals surface area contributed by atoms with Gasteiger partial charge in [0, 0.05) is 24.6 Å². The predicted molar refractivity (Wildman–Crippen MR) is 76.8 cm³/mol. The molecule has 0 spiro atoms. The summed E-state index contributed by atoms with van der Waals surface area (Å²) in [4.78, 5) is 23.0. The summed E-state index contributed by atoms with van der Waals surface area (Å²) in [5.41, 5.74) is 6.90. The smallest absolute Gasteiger partial charge is 0.224 e.